The molecule has 6 nitrogen and oxygen atoms in total. The molecule has 1 aliphatic heterocycles. The minimum atomic E-state index is 0.0849. The third-order valence-corrected chi connectivity index (χ3v) is 4.08. The quantitative estimate of drug-likeness (QED) is 0.911. The molecule has 1 atom stereocenters. The third-order valence-electron chi connectivity index (χ3n) is 4.08. The lowest BCUT2D eigenvalue weighted by Crippen LogP contribution is -2.48. The zero-order valence-electron chi connectivity index (χ0n) is 13.2. The van der Waals surface area contributed by atoms with Crippen LogP contribution in [0.25, 0.3) is 0 Å². The minimum Gasteiger partial charge on any atom is -0.479 e. The molecule has 1 aromatic carbocycles. The van der Waals surface area contributed by atoms with Crippen molar-refractivity contribution >= 4 is 5.91 Å². The largest absolute Gasteiger partial charge is 0.479 e. The molecule has 23 heavy (non-hydrogen) atoms. The average Bonchev–Trinajstić information content (AvgIpc) is 3.08. The van der Waals surface area contributed by atoms with E-state index in [1.807, 2.05) is 23.1 Å². The zero-order chi connectivity index (χ0) is 16.1. The molecule has 6 heteroatoms. The van der Waals surface area contributed by atoms with E-state index < -0.39 is 0 Å². The number of ether oxygens (including phenoxy) is 1. The number of rotatable bonds is 5. The van der Waals surface area contributed by atoms with Crippen molar-refractivity contribution in [2.75, 3.05) is 26.7 Å². The van der Waals surface area contributed by atoms with Crippen molar-refractivity contribution in [2.24, 2.45) is 0 Å². The molecule has 0 radical (unpaired) electrons. The number of piperazine rings is 1. The van der Waals surface area contributed by atoms with Crippen molar-refractivity contribution in [3.05, 3.63) is 47.7 Å². The Hall–Kier alpha value is -2.34. The Balaban J connectivity index is 1.64. The maximum Gasteiger partial charge on any atom is 0.254 e. The van der Waals surface area contributed by atoms with E-state index in [0.717, 1.165) is 25.2 Å². The van der Waals surface area contributed by atoms with E-state index in [1.165, 1.54) is 7.11 Å². The SMILES string of the molecule is COc1cc(CCC(=O)N2CCNC[C@H]2c2ccccc2)on1. The Kier molecular flexibility index (Phi) is 4.92. The number of nitrogens with one attached hydrogen (secondary N) is 1. The fourth-order valence-electron chi connectivity index (χ4n) is 2.86. The highest BCUT2D eigenvalue weighted by Gasteiger charge is 2.27. The first-order valence-electron chi connectivity index (χ1n) is 7.82. The second-order valence-electron chi connectivity index (χ2n) is 5.55. The van der Waals surface area contributed by atoms with Gasteiger partial charge in [-0.1, -0.05) is 30.3 Å². The molecule has 0 bridgehead atoms. The van der Waals surface area contributed by atoms with Gasteiger partial charge in [0.1, 0.15) is 5.76 Å². The summed E-state index contributed by atoms with van der Waals surface area (Å²) in [5, 5.41) is 7.12. The first-order valence-corrected chi connectivity index (χ1v) is 7.82. The second-order valence-corrected chi connectivity index (χ2v) is 5.55. The number of hydrogen-bond donors (Lipinski definition) is 1. The molecule has 1 aliphatic rings. The van der Waals surface area contributed by atoms with Gasteiger partial charge in [0.2, 0.25) is 5.91 Å². The molecule has 1 saturated heterocycles. The predicted molar refractivity (Wildman–Crippen MR) is 85.1 cm³/mol. The summed E-state index contributed by atoms with van der Waals surface area (Å²) in [5.74, 6) is 1.24. The van der Waals surface area contributed by atoms with Crippen molar-refractivity contribution in [1.29, 1.82) is 0 Å². The van der Waals surface area contributed by atoms with Gasteiger partial charge in [-0.3, -0.25) is 4.79 Å². The zero-order valence-corrected chi connectivity index (χ0v) is 13.2. The summed E-state index contributed by atoms with van der Waals surface area (Å²) < 4.78 is 10.1. The van der Waals surface area contributed by atoms with Gasteiger partial charge in [0.15, 0.2) is 0 Å². The Morgan fingerprint density at radius 3 is 3.00 bits per heavy atom. The predicted octanol–water partition coefficient (Wildman–Crippen LogP) is 1.79. The smallest absolute Gasteiger partial charge is 0.254 e. The molecule has 0 saturated carbocycles. The van der Waals surface area contributed by atoms with Crippen LogP contribution in [0.1, 0.15) is 23.8 Å². The lowest BCUT2D eigenvalue weighted by atomic mass is 10.0. The molecule has 1 amide bonds. The van der Waals surface area contributed by atoms with Gasteiger partial charge in [0.25, 0.3) is 5.88 Å². The first-order chi connectivity index (χ1) is 11.3. The van der Waals surface area contributed by atoms with Crippen LogP contribution < -0.4 is 10.1 Å². The summed E-state index contributed by atoms with van der Waals surface area (Å²) in [6.07, 6.45) is 0.933. The van der Waals surface area contributed by atoms with Gasteiger partial charge < -0.3 is 19.5 Å². The van der Waals surface area contributed by atoms with Gasteiger partial charge in [-0.25, -0.2) is 0 Å². The van der Waals surface area contributed by atoms with E-state index in [9.17, 15) is 4.79 Å². The van der Waals surface area contributed by atoms with Gasteiger partial charge in [-0.2, -0.15) is 0 Å². The highest BCUT2D eigenvalue weighted by molar-refractivity contribution is 5.77. The second kappa shape index (κ2) is 7.28. The van der Waals surface area contributed by atoms with Crippen LogP contribution in [0.15, 0.2) is 40.9 Å². The summed E-state index contributed by atoms with van der Waals surface area (Å²) in [6, 6.07) is 11.9. The molecule has 122 valence electrons. The standard InChI is InChI=1S/C17H21N3O3/c1-22-16-11-14(23-19-16)7-8-17(21)20-10-9-18-12-15(20)13-5-3-2-4-6-13/h2-6,11,15,18H,7-10,12H2,1H3/t15-/m0/s1. The topological polar surface area (TPSA) is 67.6 Å². The lowest BCUT2D eigenvalue weighted by molar-refractivity contribution is -0.134. The van der Waals surface area contributed by atoms with Crippen LogP contribution in [-0.4, -0.2) is 42.7 Å². The molecule has 2 heterocycles. The lowest BCUT2D eigenvalue weighted by Gasteiger charge is -2.36. The van der Waals surface area contributed by atoms with Crippen LogP contribution in [0.5, 0.6) is 5.88 Å². The van der Waals surface area contributed by atoms with E-state index in [1.54, 1.807) is 6.07 Å². The monoisotopic (exact) mass is 315 g/mol. The first kappa shape index (κ1) is 15.6. The molecule has 1 fully saturated rings. The number of nitrogens with zero attached hydrogens (tertiary/aromatic N) is 2. The average molecular weight is 315 g/mol. The number of carbonyl (C=O) groups excluding carboxylic acids is 1. The van der Waals surface area contributed by atoms with Crippen LogP contribution in [0.4, 0.5) is 0 Å². The Labute approximate surface area is 135 Å². The summed E-state index contributed by atoms with van der Waals surface area (Å²) in [5.41, 5.74) is 1.16. The third kappa shape index (κ3) is 3.71. The minimum absolute atomic E-state index is 0.0849. The maximum atomic E-state index is 12.6. The van der Waals surface area contributed by atoms with Crippen molar-refractivity contribution in [3.63, 3.8) is 0 Å². The van der Waals surface area contributed by atoms with Gasteiger partial charge in [-0.05, 0) is 10.7 Å². The van der Waals surface area contributed by atoms with E-state index in [0.29, 0.717) is 24.5 Å². The molecule has 3 rings (SSSR count). The Morgan fingerprint density at radius 1 is 1.43 bits per heavy atom. The number of aromatic nitrogens is 1. The number of amides is 1. The van der Waals surface area contributed by atoms with Crippen LogP contribution in [0.3, 0.4) is 0 Å². The van der Waals surface area contributed by atoms with Crippen LogP contribution >= 0.6 is 0 Å². The summed E-state index contributed by atoms with van der Waals surface area (Å²) in [6.45, 7) is 2.33. The van der Waals surface area contributed by atoms with Gasteiger partial charge in [-0.15, -0.1) is 0 Å². The van der Waals surface area contributed by atoms with Crippen LogP contribution in [0, 0.1) is 0 Å². The van der Waals surface area contributed by atoms with E-state index in [4.69, 9.17) is 9.26 Å². The number of carbonyl (C=O) groups is 1. The fourth-order valence-corrected chi connectivity index (χ4v) is 2.86. The molecule has 1 N–H and O–H groups in total. The molecule has 0 spiro atoms. The molecule has 1 aromatic heterocycles. The Bertz CT molecular complexity index is 642. The van der Waals surface area contributed by atoms with E-state index in [-0.39, 0.29) is 11.9 Å². The van der Waals surface area contributed by atoms with Crippen molar-refractivity contribution in [1.82, 2.24) is 15.4 Å². The van der Waals surface area contributed by atoms with Gasteiger partial charge in [0, 0.05) is 38.5 Å². The molecule has 0 aliphatic carbocycles. The maximum absolute atomic E-state index is 12.6. The number of benzene rings is 1. The van der Waals surface area contributed by atoms with Gasteiger partial charge >= 0.3 is 0 Å². The molecule has 2 aromatic rings. The normalized spacial score (nSPS) is 18.0. The van der Waals surface area contributed by atoms with Gasteiger partial charge in [0.05, 0.1) is 13.2 Å². The summed E-state index contributed by atoms with van der Waals surface area (Å²) in [7, 11) is 1.54. The molecule has 0 unspecified atom stereocenters. The summed E-state index contributed by atoms with van der Waals surface area (Å²) in [4.78, 5) is 14.6. The van der Waals surface area contributed by atoms with E-state index >= 15 is 0 Å². The highest BCUT2D eigenvalue weighted by Crippen LogP contribution is 2.23. The van der Waals surface area contributed by atoms with Crippen LogP contribution in [0.2, 0.25) is 0 Å². The van der Waals surface area contributed by atoms with Crippen molar-refractivity contribution < 1.29 is 14.1 Å². The number of aryl methyl sites for hydroxylation is 1. The highest BCUT2D eigenvalue weighted by atomic mass is 16.5. The van der Waals surface area contributed by atoms with E-state index in [2.05, 4.69) is 22.6 Å². The number of methoxy groups -OCH3 is 1. The van der Waals surface area contributed by atoms with Crippen molar-refractivity contribution in [3.8, 4) is 5.88 Å². The molecular weight excluding hydrogens is 294 g/mol. The number of hydrogen-bond acceptors (Lipinski definition) is 5. The molecular formula is C17H21N3O3. The Morgan fingerprint density at radius 2 is 2.26 bits per heavy atom. The summed E-state index contributed by atoms with van der Waals surface area (Å²) >= 11 is 0. The van der Waals surface area contributed by atoms with Crippen molar-refractivity contribution in [2.45, 2.75) is 18.9 Å². The van der Waals surface area contributed by atoms with Crippen LogP contribution in [-0.2, 0) is 11.2 Å². The fraction of sp³-hybridized carbons (Fsp3) is 0.412.